The second kappa shape index (κ2) is 14.8. The van der Waals surface area contributed by atoms with Gasteiger partial charge in [0.05, 0.1) is 54.4 Å². The van der Waals surface area contributed by atoms with Crippen LogP contribution in [0.15, 0.2) is 170 Å². The fourth-order valence-corrected chi connectivity index (χ4v) is 7.42. The molecule has 0 amide bonds. The molecule has 7 aromatic carbocycles. The molecular weight excluding hydrogens is 713 g/mol. The van der Waals surface area contributed by atoms with Gasteiger partial charge in [0, 0.05) is 33.4 Å². The Hall–Kier alpha value is -8.82. The molecule has 0 fully saturated rings. The van der Waals surface area contributed by atoms with E-state index in [4.69, 9.17) is 36.3 Å². The first-order chi connectivity index (χ1) is 28.6. The maximum Gasteiger partial charge on any atom is 0.200 e. The Morgan fingerprint density at radius 2 is 0.966 bits per heavy atom. The average Bonchev–Trinajstić information content (AvgIpc) is 3.62. The summed E-state index contributed by atoms with van der Waals surface area (Å²) in [5.74, 6) is 0.377. The molecule has 0 bridgehead atoms. The predicted molar refractivity (Wildman–Crippen MR) is 232 cm³/mol. The van der Waals surface area contributed by atoms with Crippen molar-refractivity contribution in [3.63, 3.8) is 0 Å². The van der Waals surface area contributed by atoms with Crippen LogP contribution in [-0.4, -0.2) is 14.5 Å². The highest BCUT2D eigenvalue weighted by Gasteiger charge is 2.22. The summed E-state index contributed by atoms with van der Waals surface area (Å²) < 4.78 is 2.02. The van der Waals surface area contributed by atoms with Crippen molar-refractivity contribution in [1.82, 2.24) is 14.5 Å². The normalized spacial score (nSPS) is 10.7. The van der Waals surface area contributed by atoms with E-state index in [1.165, 1.54) is 0 Å². The molecule has 9 rings (SSSR count). The fraction of sp³-hybridized carbons (Fsp3) is 0. The lowest BCUT2D eigenvalue weighted by Gasteiger charge is -2.25. The lowest BCUT2D eigenvalue weighted by Crippen LogP contribution is -2.09. The van der Waals surface area contributed by atoms with Crippen LogP contribution in [0.5, 0.6) is 0 Å². The molecular formula is C50H28N8. The van der Waals surface area contributed by atoms with E-state index in [2.05, 4.69) is 72.8 Å². The van der Waals surface area contributed by atoms with Gasteiger partial charge in [-0.2, -0.15) is 0 Å². The van der Waals surface area contributed by atoms with Crippen LogP contribution in [0.1, 0.15) is 0 Å². The Balaban J connectivity index is 1.24. The highest BCUT2D eigenvalue weighted by molar-refractivity contribution is 6.12. The van der Waals surface area contributed by atoms with Crippen LogP contribution in [0.25, 0.3) is 80.8 Å². The van der Waals surface area contributed by atoms with Gasteiger partial charge in [-0.15, -0.1) is 0 Å². The third-order valence-corrected chi connectivity index (χ3v) is 10.0. The Kier molecular flexibility index (Phi) is 8.90. The van der Waals surface area contributed by atoms with Gasteiger partial charge in [-0.1, -0.05) is 91.0 Å². The van der Waals surface area contributed by atoms with Crippen LogP contribution in [0, 0.1) is 26.3 Å². The van der Waals surface area contributed by atoms with Crippen molar-refractivity contribution in [2.75, 3.05) is 4.90 Å². The number of para-hydroxylation sites is 3. The van der Waals surface area contributed by atoms with E-state index in [0.717, 1.165) is 44.4 Å². The standard InChI is InChI=1S/C50H28N8/c1-51-36-17-13-15-33(27-36)43-32-44(56-50(55-43)34-16-14-18-37(28-34)52-2)35-29-45(53-3)49(46(30-35)54-4)58-47-24-12-11-23-41(47)42-31-40(25-26-48(42)58)57(38-19-7-5-8-20-38)39-21-9-6-10-22-39/h5-32H. The number of nitrogens with zero attached hydrogens (tertiary/aromatic N) is 8. The molecule has 0 spiro atoms. The molecule has 0 N–H and O–H groups in total. The molecule has 8 heteroatoms. The topological polar surface area (TPSA) is 51.4 Å². The molecule has 0 radical (unpaired) electrons. The Labute approximate surface area is 335 Å². The zero-order chi connectivity index (χ0) is 39.6. The molecule has 0 saturated heterocycles. The van der Waals surface area contributed by atoms with Crippen molar-refractivity contribution in [2.45, 2.75) is 0 Å². The Morgan fingerprint density at radius 1 is 0.414 bits per heavy atom. The number of fused-ring (bicyclic) bond motifs is 3. The second-order valence-corrected chi connectivity index (χ2v) is 13.4. The van der Waals surface area contributed by atoms with E-state index in [1.54, 1.807) is 42.5 Å². The fourth-order valence-electron chi connectivity index (χ4n) is 7.42. The van der Waals surface area contributed by atoms with E-state index in [9.17, 15) is 0 Å². The Morgan fingerprint density at radius 3 is 1.59 bits per heavy atom. The number of rotatable bonds is 7. The molecule has 58 heavy (non-hydrogen) atoms. The largest absolute Gasteiger partial charge is 0.329 e. The van der Waals surface area contributed by atoms with Crippen LogP contribution in [0.4, 0.5) is 39.8 Å². The summed E-state index contributed by atoms with van der Waals surface area (Å²) in [4.78, 5) is 27.3. The van der Waals surface area contributed by atoms with Crippen molar-refractivity contribution in [3.05, 3.63) is 216 Å². The first-order valence-corrected chi connectivity index (χ1v) is 18.3. The summed E-state index contributed by atoms with van der Waals surface area (Å²) in [6, 6.07) is 54.5. The maximum atomic E-state index is 8.47. The highest BCUT2D eigenvalue weighted by Crippen LogP contribution is 2.45. The van der Waals surface area contributed by atoms with Crippen molar-refractivity contribution in [1.29, 1.82) is 0 Å². The van der Waals surface area contributed by atoms with Crippen molar-refractivity contribution in [3.8, 4) is 39.6 Å². The van der Waals surface area contributed by atoms with E-state index in [0.29, 0.717) is 45.4 Å². The van der Waals surface area contributed by atoms with E-state index in [-0.39, 0.29) is 11.4 Å². The molecule has 2 heterocycles. The molecule has 0 unspecified atom stereocenters. The summed E-state index contributed by atoms with van der Waals surface area (Å²) in [7, 11) is 0. The summed E-state index contributed by atoms with van der Waals surface area (Å²) in [6.07, 6.45) is 0. The molecule has 0 atom stereocenters. The zero-order valence-electron chi connectivity index (χ0n) is 30.7. The van der Waals surface area contributed by atoms with E-state index < -0.39 is 0 Å². The smallest absolute Gasteiger partial charge is 0.200 e. The summed E-state index contributed by atoms with van der Waals surface area (Å²) in [5, 5.41) is 1.97. The third kappa shape index (κ3) is 6.22. The van der Waals surface area contributed by atoms with Crippen LogP contribution in [0.3, 0.4) is 0 Å². The maximum absolute atomic E-state index is 8.47. The number of hydrogen-bond donors (Lipinski definition) is 0. The molecule has 0 aliphatic carbocycles. The first-order valence-electron chi connectivity index (χ1n) is 18.3. The van der Waals surface area contributed by atoms with E-state index in [1.807, 2.05) is 83.4 Å². The van der Waals surface area contributed by atoms with Gasteiger partial charge in [0.25, 0.3) is 0 Å². The number of anilines is 3. The van der Waals surface area contributed by atoms with Gasteiger partial charge in [0.1, 0.15) is 0 Å². The van der Waals surface area contributed by atoms with Gasteiger partial charge in [0.2, 0.25) is 11.4 Å². The minimum absolute atomic E-state index is 0.289. The minimum Gasteiger partial charge on any atom is -0.329 e. The second-order valence-electron chi connectivity index (χ2n) is 13.4. The van der Waals surface area contributed by atoms with Crippen LogP contribution in [-0.2, 0) is 0 Å². The summed E-state index contributed by atoms with van der Waals surface area (Å²) in [6.45, 7) is 32.1. The van der Waals surface area contributed by atoms with Gasteiger partial charge in [-0.25, -0.2) is 29.3 Å². The average molecular weight is 741 g/mol. The number of aromatic nitrogens is 3. The number of hydrogen-bond acceptors (Lipinski definition) is 3. The van der Waals surface area contributed by atoms with Crippen molar-refractivity contribution in [2.24, 2.45) is 0 Å². The van der Waals surface area contributed by atoms with Crippen molar-refractivity contribution >= 4 is 61.6 Å². The van der Waals surface area contributed by atoms with Gasteiger partial charge in [-0.3, -0.25) is 0 Å². The molecule has 2 aromatic heterocycles. The van der Waals surface area contributed by atoms with Crippen LogP contribution in [0.2, 0.25) is 0 Å². The predicted octanol–water partition coefficient (Wildman–Crippen LogP) is 14.2. The minimum atomic E-state index is 0.289. The SMILES string of the molecule is [C-]#[N+]c1cccc(-c2cc(-c3cc([N+]#[C-])c(-n4c5ccccc5c5cc(N(c6ccccc6)c6ccccc6)ccc54)c([N+]#[C-])c3)nc(-c3cccc([N+]#[C-])c3)n2)c1. The van der Waals surface area contributed by atoms with Gasteiger partial charge in [-0.05, 0) is 90.0 Å². The van der Waals surface area contributed by atoms with Crippen LogP contribution < -0.4 is 4.90 Å². The third-order valence-electron chi connectivity index (χ3n) is 10.0. The molecule has 8 nitrogen and oxygen atoms in total. The summed E-state index contributed by atoms with van der Waals surface area (Å²) in [5.41, 5.74) is 9.71. The first kappa shape index (κ1) is 34.9. The summed E-state index contributed by atoms with van der Waals surface area (Å²) >= 11 is 0. The zero-order valence-corrected chi connectivity index (χ0v) is 30.7. The van der Waals surface area contributed by atoms with Crippen LogP contribution >= 0.6 is 0 Å². The van der Waals surface area contributed by atoms with Gasteiger partial charge >= 0.3 is 0 Å². The van der Waals surface area contributed by atoms with E-state index >= 15 is 0 Å². The van der Waals surface area contributed by atoms with Crippen molar-refractivity contribution < 1.29 is 0 Å². The monoisotopic (exact) mass is 740 g/mol. The quantitative estimate of drug-likeness (QED) is 0.153. The molecule has 268 valence electrons. The highest BCUT2D eigenvalue weighted by atomic mass is 15.1. The Bertz CT molecular complexity index is 3080. The molecule has 0 saturated carbocycles. The molecule has 0 aliphatic heterocycles. The lowest BCUT2D eigenvalue weighted by molar-refractivity contribution is 1.18. The van der Waals surface area contributed by atoms with Gasteiger partial charge < -0.3 is 9.47 Å². The molecule has 0 aliphatic rings. The lowest BCUT2D eigenvalue weighted by atomic mass is 10.0. The number of benzene rings is 7. The molecule has 9 aromatic rings. The van der Waals surface area contributed by atoms with Gasteiger partial charge in [0.15, 0.2) is 17.2 Å².